The normalized spacial score (nSPS) is 9.86. The van der Waals surface area contributed by atoms with E-state index in [0.717, 1.165) is 22.7 Å². The SMILES string of the molecule is C=C(CC)NSc1cc(N)ccc1C. The van der Waals surface area contributed by atoms with Gasteiger partial charge in [-0.2, -0.15) is 0 Å². The Morgan fingerprint density at radius 3 is 2.93 bits per heavy atom. The third-order valence-electron chi connectivity index (χ3n) is 1.94. The number of nitrogens with one attached hydrogen (secondary N) is 1. The Balaban J connectivity index is 2.66. The molecule has 0 unspecified atom stereocenters. The molecule has 0 amide bonds. The van der Waals surface area contributed by atoms with Crippen LogP contribution in [0.25, 0.3) is 0 Å². The van der Waals surface area contributed by atoms with Crippen molar-refractivity contribution >= 4 is 17.6 Å². The smallest absolute Gasteiger partial charge is 0.0334 e. The monoisotopic (exact) mass is 208 g/mol. The van der Waals surface area contributed by atoms with Gasteiger partial charge in [-0.1, -0.05) is 19.6 Å². The maximum absolute atomic E-state index is 5.70. The van der Waals surface area contributed by atoms with Crippen molar-refractivity contribution in [3.63, 3.8) is 0 Å². The summed E-state index contributed by atoms with van der Waals surface area (Å²) < 4.78 is 3.18. The fraction of sp³-hybridized carbons (Fsp3) is 0.273. The Labute approximate surface area is 89.7 Å². The number of anilines is 1. The molecule has 0 radical (unpaired) electrons. The van der Waals surface area contributed by atoms with E-state index in [-0.39, 0.29) is 0 Å². The van der Waals surface area contributed by atoms with Crippen molar-refractivity contribution in [2.24, 2.45) is 0 Å². The number of hydrogen-bond acceptors (Lipinski definition) is 3. The minimum absolute atomic E-state index is 0.794. The minimum atomic E-state index is 0.794. The second kappa shape index (κ2) is 4.96. The summed E-state index contributed by atoms with van der Waals surface area (Å²) in [6.45, 7) is 8.02. The average Bonchev–Trinajstić information content (AvgIpc) is 2.19. The molecule has 0 aliphatic carbocycles. The van der Waals surface area contributed by atoms with E-state index in [4.69, 9.17) is 5.73 Å². The number of aryl methyl sites for hydroxylation is 1. The zero-order chi connectivity index (χ0) is 10.6. The molecule has 3 heteroatoms. The van der Waals surface area contributed by atoms with Crippen molar-refractivity contribution in [1.29, 1.82) is 0 Å². The molecule has 0 bridgehead atoms. The highest BCUT2D eigenvalue weighted by atomic mass is 32.2. The van der Waals surface area contributed by atoms with Crippen LogP contribution in [-0.2, 0) is 0 Å². The highest BCUT2D eigenvalue weighted by Gasteiger charge is 1.99. The van der Waals surface area contributed by atoms with Crippen LogP contribution in [0.3, 0.4) is 0 Å². The molecule has 0 aliphatic heterocycles. The van der Waals surface area contributed by atoms with Gasteiger partial charge in [0.2, 0.25) is 0 Å². The molecular weight excluding hydrogens is 192 g/mol. The van der Waals surface area contributed by atoms with Crippen molar-refractivity contribution in [1.82, 2.24) is 4.72 Å². The molecule has 1 rings (SSSR count). The molecular formula is C11H16N2S. The van der Waals surface area contributed by atoms with Gasteiger partial charge in [-0.25, -0.2) is 0 Å². The van der Waals surface area contributed by atoms with Crippen LogP contribution in [0.5, 0.6) is 0 Å². The van der Waals surface area contributed by atoms with Crippen molar-refractivity contribution < 1.29 is 0 Å². The number of hydrogen-bond donors (Lipinski definition) is 2. The van der Waals surface area contributed by atoms with Gasteiger partial charge < -0.3 is 10.5 Å². The molecule has 2 nitrogen and oxygen atoms in total. The Morgan fingerprint density at radius 2 is 2.29 bits per heavy atom. The van der Waals surface area contributed by atoms with E-state index >= 15 is 0 Å². The molecule has 14 heavy (non-hydrogen) atoms. The zero-order valence-electron chi connectivity index (χ0n) is 8.63. The maximum atomic E-state index is 5.70. The third-order valence-corrected chi connectivity index (χ3v) is 2.99. The van der Waals surface area contributed by atoms with Gasteiger partial charge in [0, 0.05) is 16.3 Å². The molecule has 1 aromatic rings. The molecule has 0 aromatic heterocycles. The molecule has 1 aromatic carbocycles. The largest absolute Gasteiger partial charge is 0.399 e. The van der Waals surface area contributed by atoms with E-state index in [9.17, 15) is 0 Å². The highest BCUT2D eigenvalue weighted by Crippen LogP contribution is 2.23. The Morgan fingerprint density at radius 1 is 1.57 bits per heavy atom. The molecule has 3 N–H and O–H groups in total. The van der Waals surface area contributed by atoms with Crippen molar-refractivity contribution in [3.05, 3.63) is 36.0 Å². The summed E-state index contributed by atoms with van der Waals surface area (Å²) in [5.74, 6) is 0. The minimum Gasteiger partial charge on any atom is -0.399 e. The van der Waals surface area contributed by atoms with Gasteiger partial charge in [0.25, 0.3) is 0 Å². The van der Waals surface area contributed by atoms with Crippen LogP contribution >= 0.6 is 11.9 Å². The summed E-state index contributed by atoms with van der Waals surface area (Å²) >= 11 is 1.56. The standard InChI is InChI=1S/C11H16N2S/c1-4-9(3)13-14-11-7-10(12)6-5-8(11)2/h5-7,13H,3-4,12H2,1-2H3. The lowest BCUT2D eigenvalue weighted by Gasteiger charge is -2.09. The number of allylic oxidation sites excluding steroid dienone is 1. The second-order valence-electron chi connectivity index (χ2n) is 3.19. The second-order valence-corrected chi connectivity index (χ2v) is 4.03. The predicted molar refractivity (Wildman–Crippen MR) is 64.0 cm³/mol. The summed E-state index contributed by atoms with van der Waals surface area (Å²) in [7, 11) is 0. The van der Waals surface area contributed by atoms with Gasteiger partial charge in [0.15, 0.2) is 0 Å². The molecule has 0 heterocycles. The molecule has 0 saturated carbocycles. The van der Waals surface area contributed by atoms with E-state index in [1.54, 1.807) is 11.9 Å². The first-order chi connectivity index (χ1) is 6.63. The van der Waals surface area contributed by atoms with Crippen LogP contribution < -0.4 is 10.5 Å². The number of benzene rings is 1. The van der Waals surface area contributed by atoms with Crippen molar-refractivity contribution in [3.8, 4) is 0 Å². The molecule has 76 valence electrons. The van der Waals surface area contributed by atoms with Gasteiger partial charge in [-0.3, -0.25) is 0 Å². The average molecular weight is 208 g/mol. The van der Waals surface area contributed by atoms with E-state index in [1.807, 2.05) is 18.2 Å². The fourth-order valence-electron chi connectivity index (χ4n) is 0.926. The lowest BCUT2D eigenvalue weighted by molar-refractivity contribution is 1.03. The first-order valence-corrected chi connectivity index (χ1v) is 5.42. The lowest BCUT2D eigenvalue weighted by atomic mass is 10.2. The topological polar surface area (TPSA) is 38.0 Å². The van der Waals surface area contributed by atoms with Gasteiger partial charge in [-0.05, 0) is 43.0 Å². The van der Waals surface area contributed by atoms with E-state index in [2.05, 4.69) is 25.1 Å². The predicted octanol–water partition coefficient (Wildman–Crippen LogP) is 3.10. The van der Waals surface area contributed by atoms with E-state index in [0.29, 0.717) is 0 Å². The lowest BCUT2D eigenvalue weighted by Crippen LogP contribution is -2.01. The van der Waals surface area contributed by atoms with E-state index < -0.39 is 0 Å². The number of nitrogens with two attached hydrogens (primary N) is 1. The van der Waals surface area contributed by atoms with Gasteiger partial charge in [0.1, 0.15) is 0 Å². The fourth-order valence-corrected chi connectivity index (χ4v) is 1.75. The van der Waals surface area contributed by atoms with E-state index in [1.165, 1.54) is 5.56 Å². The number of nitrogen functional groups attached to an aromatic ring is 1. The van der Waals surface area contributed by atoms with Crippen molar-refractivity contribution in [2.75, 3.05) is 5.73 Å². The van der Waals surface area contributed by atoms with Crippen LogP contribution in [0.1, 0.15) is 18.9 Å². The van der Waals surface area contributed by atoms with Crippen LogP contribution in [0.2, 0.25) is 0 Å². The molecule has 0 atom stereocenters. The molecule has 0 fully saturated rings. The van der Waals surface area contributed by atoms with Gasteiger partial charge in [-0.15, -0.1) is 0 Å². The van der Waals surface area contributed by atoms with Crippen molar-refractivity contribution in [2.45, 2.75) is 25.2 Å². The Hall–Kier alpha value is -1.09. The molecule has 0 spiro atoms. The summed E-state index contributed by atoms with van der Waals surface area (Å²) in [5, 5.41) is 0. The summed E-state index contributed by atoms with van der Waals surface area (Å²) in [6.07, 6.45) is 0.939. The molecule has 0 aliphatic rings. The van der Waals surface area contributed by atoms with Crippen LogP contribution in [-0.4, -0.2) is 0 Å². The van der Waals surface area contributed by atoms with Gasteiger partial charge in [0.05, 0.1) is 0 Å². The summed E-state index contributed by atoms with van der Waals surface area (Å²) in [5.41, 5.74) is 8.74. The Bertz CT molecular complexity index is 334. The quantitative estimate of drug-likeness (QED) is 0.590. The first kappa shape index (κ1) is 11.0. The zero-order valence-corrected chi connectivity index (χ0v) is 9.45. The highest BCUT2D eigenvalue weighted by molar-refractivity contribution is 7.97. The number of rotatable bonds is 4. The van der Waals surface area contributed by atoms with Crippen LogP contribution in [0, 0.1) is 6.92 Å². The third kappa shape index (κ3) is 3.00. The maximum Gasteiger partial charge on any atom is 0.0334 e. The summed E-state index contributed by atoms with van der Waals surface area (Å²) in [6, 6.07) is 5.90. The Kier molecular flexibility index (Phi) is 3.89. The van der Waals surface area contributed by atoms with Crippen LogP contribution in [0.4, 0.5) is 5.69 Å². The first-order valence-electron chi connectivity index (χ1n) is 4.60. The van der Waals surface area contributed by atoms with Crippen LogP contribution in [0.15, 0.2) is 35.4 Å². The summed E-state index contributed by atoms with van der Waals surface area (Å²) in [4.78, 5) is 1.15. The molecule has 0 saturated heterocycles. The van der Waals surface area contributed by atoms with Gasteiger partial charge >= 0.3 is 0 Å².